The van der Waals surface area contributed by atoms with E-state index in [1.54, 1.807) is 31.2 Å². The Hall–Kier alpha value is -3.57. The lowest BCUT2D eigenvalue weighted by molar-refractivity contribution is 0.200. The van der Waals surface area contributed by atoms with Crippen LogP contribution in [-0.4, -0.2) is 61.2 Å². The van der Waals surface area contributed by atoms with Crippen LogP contribution in [0.4, 0.5) is 4.79 Å². The van der Waals surface area contributed by atoms with Crippen molar-refractivity contribution in [3.8, 4) is 22.6 Å². The number of methoxy groups -OCH3 is 2. The third kappa shape index (κ3) is 4.12. The van der Waals surface area contributed by atoms with Crippen molar-refractivity contribution in [3.63, 3.8) is 0 Å². The Balaban J connectivity index is 1.67. The number of carboxylic acid groups (broad SMARTS) is 1. The normalized spacial score (nSPS) is 14.8. The summed E-state index contributed by atoms with van der Waals surface area (Å²) in [5.74, 6) is 1.36. The molecule has 0 aliphatic carbocycles. The van der Waals surface area contributed by atoms with Crippen LogP contribution in [0.3, 0.4) is 0 Å². The second kappa shape index (κ2) is 8.52. The fraction of sp³-hybridized carbons (Fsp3) is 0.238. The molecule has 1 aliphatic rings. The quantitative estimate of drug-likeness (QED) is 0.517. The zero-order valence-corrected chi connectivity index (χ0v) is 18.3. The molecule has 168 valence electrons. The van der Waals surface area contributed by atoms with Gasteiger partial charge in [-0.05, 0) is 41.8 Å². The number of ether oxygens (including phenoxy) is 2. The van der Waals surface area contributed by atoms with Gasteiger partial charge < -0.3 is 19.6 Å². The number of rotatable bonds is 6. The number of hydrogen-bond donors (Lipinski definition) is 3. The van der Waals surface area contributed by atoms with Crippen molar-refractivity contribution in [2.75, 3.05) is 27.3 Å². The van der Waals surface area contributed by atoms with Gasteiger partial charge in [0.2, 0.25) is 0 Å². The molecule has 10 nitrogen and oxygen atoms in total. The van der Waals surface area contributed by atoms with Gasteiger partial charge in [0, 0.05) is 42.0 Å². The molecule has 1 aliphatic heterocycles. The van der Waals surface area contributed by atoms with E-state index in [0.717, 1.165) is 32.1 Å². The number of aromatic nitrogens is 2. The molecule has 0 atom stereocenters. The molecule has 0 bridgehead atoms. The number of carbonyl (C=O) groups is 1. The summed E-state index contributed by atoms with van der Waals surface area (Å²) in [6.45, 7) is 0.232. The predicted octanol–water partition coefficient (Wildman–Crippen LogP) is 2.85. The van der Waals surface area contributed by atoms with Crippen LogP contribution in [0, 0.1) is 0 Å². The summed E-state index contributed by atoms with van der Waals surface area (Å²) in [4.78, 5) is 18.4. The summed E-state index contributed by atoms with van der Waals surface area (Å²) < 4.78 is 37.6. The van der Waals surface area contributed by atoms with E-state index in [0.29, 0.717) is 23.6 Å². The topological polar surface area (TPSA) is 134 Å². The van der Waals surface area contributed by atoms with E-state index in [1.807, 2.05) is 30.3 Å². The van der Waals surface area contributed by atoms with E-state index in [9.17, 15) is 13.2 Å². The highest BCUT2D eigenvalue weighted by atomic mass is 32.2. The highest BCUT2D eigenvalue weighted by Crippen LogP contribution is 2.38. The first-order chi connectivity index (χ1) is 15.3. The standard InChI is InChI=1S/C21H22N4O6S/c1-30-14-3-4-16(19(11-14)31-2)15-5-8-22-20-17(15)12-18(23-20)13-6-9-25(10-7-13)32(28,29)24-21(26)27/h3-6,8,11-12,24H,7,9-10H2,1-2H3,(H,22,23)(H,26,27). The molecule has 3 aromatic rings. The Morgan fingerprint density at radius 1 is 1.19 bits per heavy atom. The summed E-state index contributed by atoms with van der Waals surface area (Å²) >= 11 is 0. The maximum Gasteiger partial charge on any atom is 0.419 e. The number of nitrogens with one attached hydrogen (secondary N) is 2. The zero-order valence-electron chi connectivity index (χ0n) is 17.5. The molecule has 0 unspecified atom stereocenters. The molecule has 3 heterocycles. The average molecular weight is 458 g/mol. The van der Waals surface area contributed by atoms with Crippen molar-refractivity contribution in [2.45, 2.75) is 6.42 Å². The van der Waals surface area contributed by atoms with Gasteiger partial charge in [-0.25, -0.2) is 14.5 Å². The molecule has 0 fully saturated rings. The number of H-pyrrole nitrogens is 1. The number of nitrogens with zero attached hydrogens (tertiary/aromatic N) is 2. The maximum absolute atomic E-state index is 12.1. The largest absolute Gasteiger partial charge is 0.497 e. The summed E-state index contributed by atoms with van der Waals surface area (Å²) in [5.41, 5.74) is 4.27. The minimum atomic E-state index is -4.08. The molecule has 0 spiro atoms. The molecular formula is C21H22N4O6S. The molecule has 1 aromatic carbocycles. The fourth-order valence-electron chi connectivity index (χ4n) is 3.74. The monoisotopic (exact) mass is 458 g/mol. The first-order valence-corrected chi connectivity index (χ1v) is 11.2. The van der Waals surface area contributed by atoms with Crippen molar-refractivity contribution in [2.24, 2.45) is 0 Å². The third-order valence-corrected chi connectivity index (χ3v) is 6.75. The van der Waals surface area contributed by atoms with Crippen molar-refractivity contribution in [3.05, 3.63) is 48.3 Å². The van der Waals surface area contributed by atoms with Gasteiger partial charge in [-0.3, -0.25) is 0 Å². The molecule has 2 aromatic heterocycles. The molecule has 11 heteroatoms. The van der Waals surface area contributed by atoms with Crippen LogP contribution in [0.2, 0.25) is 0 Å². The summed E-state index contributed by atoms with van der Waals surface area (Å²) in [6.07, 6.45) is 2.29. The van der Waals surface area contributed by atoms with Crippen molar-refractivity contribution < 1.29 is 27.8 Å². The molecule has 0 saturated heterocycles. The van der Waals surface area contributed by atoms with E-state index in [4.69, 9.17) is 14.6 Å². The van der Waals surface area contributed by atoms with E-state index < -0.39 is 16.3 Å². The van der Waals surface area contributed by atoms with Gasteiger partial charge in [0.1, 0.15) is 17.1 Å². The SMILES string of the molecule is COc1ccc(-c2ccnc3[nH]c(C4=CCN(S(=O)(=O)NC(=O)O)CC4)cc23)c(OC)c1. The van der Waals surface area contributed by atoms with E-state index >= 15 is 0 Å². The minimum absolute atomic E-state index is 0.0693. The first kappa shape index (κ1) is 21.7. The molecule has 1 amide bonds. The van der Waals surface area contributed by atoms with Gasteiger partial charge in [0.05, 0.1) is 14.2 Å². The lowest BCUT2D eigenvalue weighted by atomic mass is 10.0. The van der Waals surface area contributed by atoms with E-state index in [1.165, 1.54) is 0 Å². The molecule has 0 radical (unpaired) electrons. The first-order valence-electron chi connectivity index (χ1n) is 9.72. The number of benzene rings is 1. The average Bonchev–Trinajstić information content (AvgIpc) is 3.22. The number of amides is 1. The van der Waals surface area contributed by atoms with Gasteiger partial charge in [0.25, 0.3) is 0 Å². The van der Waals surface area contributed by atoms with Crippen LogP contribution in [-0.2, 0) is 10.2 Å². The highest BCUT2D eigenvalue weighted by Gasteiger charge is 2.26. The lowest BCUT2D eigenvalue weighted by Crippen LogP contribution is -2.44. The van der Waals surface area contributed by atoms with Gasteiger partial charge in [-0.15, -0.1) is 0 Å². The Morgan fingerprint density at radius 2 is 2.00 bits per heavy atom. The zero-order chi connectivity index (χ0) is 22.9. The number of fused-ring (bicyclic) bond motifs is 1. The molecule has 0 saturated carbocycles. The van der Waals surface area contributed by atoms with Gasteiger partial charge in [-0.2, -0.15) is 12.7 Å². The van der Waals surface area contributed by atoms with Crippen LogP contribution in [0.25, 0.3) is 27.7 Å². The van der Waals surface area contributed by atoms with Crippen LogP contribution in [0.15, 0.2) is 42.6 Å². The third-order valence-electron chi connectivity index (χ3n) is 5.30. The van der Waals surface area contributed by atoms with Crippen LogP contribution in [0.5, 0.6) is 11.5 Å². The minimum Gasteiger partial charge on any atom is -0.497 e. The van der Waals surface area contributed by atoms with Crippen molar-refractivity contribution in [1.29, 1.82) is 0 Å². The fourth-order valence-corrected chi connectivity index (χ4v) is 4.70. The summed E-state index contributed by atoms with van der Waals surface area (Å²) in [5, 5.41) is 9.61. The van der Waals surface area contributed by atoms with Gasteiger partial charge in [-0.1, -0.05) is 6.08 Å². The maximum atomic E-state index is 12.1. The Bertz CT molecular complexity index is 1320. The van der Waals surface area contributed by atoms with Crippen LogP contribution < -0.4 is 14.2 Å². The lowest BCUT2D eigenvalue weighted by Gasteiger charge is -2.24. The smallest absolute Gasteiger partial charge is 0.419 e. The van der Waals surface area contributed by atoms with Crippen molar-refractivity contribution in [1.82, 2.24) is 19.0 Å². The predicted molar refractivity (Wildman–Crippen MR) is 119 cm³/mol. The van der Waals surface area contributed by atoms with Crippen LogP contribution >= 0.6 is 0 Å². The molecule has 32 heavy (non-hydrogen) atoms. The number of hydrogen-bond acceptors (Lipinski definition) is 6. The Morgan fingerprint density at radius 3 is 2.66 bits per heavy atom. The van der Waals surface area contributed by atoms with Crippen LogP contribution in [0.1, 0.15) is 12.1 Å². The Kier molecular flexibility index (Phi) is 5.76. The van der Waals surface area contributed by atoms with Crippen molar-refractivity contribution >= 4 is 32.9 Å². The number of pyridine rings is 1. The second-order valence-electron chi connectivity index (χ2n) is 7.12. The number of aromatic amines is 1. The molecular weight excluding hydrogens is 436 g/mol. The van der Waals surface area contributed by atoms with Gasteiger partial charge >= 0.3 is 16.3 Å². The Labute approximate surface area is 184 Å². The summed E-state index contributed by atoms with van der Waals surface area (Å²) in [6, 6.07) is 9.50. The van der Waals surface area contributed by atoms with E-state index in [2.05, 4.69) is 9.97 Å². The summed E-state index contributed by atoms with van der Waals surface area (Å²) in [7, 11) is -0.878. The second-order valence-corrected chi connectivity index (χ2v) is 8.79. The van der Waals surface area contributed by atoms with E-state index in [-0.39, 0.29) is 13.1 Å². The van der Waals surface area contributed by atoms with Gasteiger partial charge in [0.15, 0.2) is 0 Å². The highest BCUT2D eigenvalue weighted by molar-refractivity contribution is 7.87. The molecule has 3 N–H and O–H groups in total. The molecule has 4 rings (SSSR count).